The summed E-state index contributed by atoms with van der Waals surface area (Å²) in [5.41, 5.74) is 0.549. The van der Waals surface area contributed by atoms with Crippen LogP contribution in [0.3, 0.4) is 0 Å². The van der Waals surface area contributed by atoms with Crippen LogP contribution in [0, 0.1) is 5.82 Å². The Morgan fingerprint density at radius 2 is 1.77 bits per heavy atom. The van der Waals surface area contributed by atoms with Gasteiger partial charge in [-0.25, -0.2) is 4.39 Å². The Morgan fingerprint density at radius 1 is 1.03 bits per heavy atom. The van der Waals surface area contributed by atoms with Gasteiger partial charge in [-0.15, -0.1) is 0 Å². The maximum atomic E-state index is 14.1. The van der Waals surface area contributed by atoms with Crippen LogP contribution in [0.1, 0.15) is 38.5 Å². The van der Waals surface area contributed by atoms with E-state index in [2.05, 4.69) is 30.5 Å². The third kappa shape index (κ3) is 5.27. The summed E-state index contributed by atoms with van der Waals surface area (Å²) in [5.74, 6) is 1.28. The fourth-order valence-electron chi connectivity index (χ4n) is 3.87. The topological polar surface area (TPSA) is 84.4 Å². The molecule has 9 heteroatoms. The highest BCUT2D eigenvalue weighted by molar-refractivity contribution is 5.57. The van der Waals surface area contributed by atoms with Crippen LogP contribution in [0.2, 0.25) is 0 Å². The first kappa shape index (κ1) is 20.6. The monoisotopic (exact) mass is 416 g/mol. The first-order valence-corrected chi connectivity index (χ1v) is 10.7. The predicted molar refractivity (Wildman–Crippen MR) is 114 cm³/mol. The van der Waals surface area contributed by atoms with Crippen molar-refractivity contribution in [3.05, 3.63) is 24.0 Å². The lowest BCUT2D eigenvalue weighted by atomic mass is 10.1. The molecule has 0 amide bonds. The Balaban J connectivity index is 1.58. The number of rotatable bonds is 6. The van der Waals surface area contributed by atoms with Gasteiger partial charge in [-0.2, -0.15) is 15.0 Å². The van der Waals surface area contributed by atoms with E-state index in [0.29, 0.717) is 42.8 Å². The number of nitrogens with one attached hydrogen (secondary N) is 2. The SMILES string of the molecule is COc1ccc(Nc2nc(NC3CCCCCC3)nc(N3CCOCC3)n2)cc1F. The zero-order chi connectivity index (χ0) is 20.8. The molecule has 2 aliphatic rings. The van der Waals surface area contributed by atoms with Gasteiger partial charge in [0.1, 0.15) is 0 Å². The molecule has 0 bridgehead atoms. The van der Waals surface area contributed by atoms with Gasteiger partial charge >= 0.3 is 0 Å². The van der Waals surface area contributed by atoms with Crippen molar-refractivity contribution >= 4 is 23.5 Å². The van der Waals surface area contributed by atoms with Crippen molar-refractivity contribution in [2.45, 2.75) is 44.6 Å². The van der Waals surface area contributed by atoms with Crippen molar-refractivity contribution in [3.63, 3.8) is 0 Å². The van der Waals surface area contributed by atoms with Crippen LogP contribution < -0.4 is 20.3 Å². The predicted octanol–water partition coefficient (Wildman–Crippen LogP) is 3.73. The summed E-state index contributed by atoms with van der Waals surface area (Å²) in [7, 11) is 1.44. The molecule has 2 heterocycles. The Morgan fingerprint density at radius 3 is 2.47 bits per heavy atom. The third-order valence-electron chi connectivity index (χ3n) is 5.51. The van der Waals surface area contributed by atoms with Crippen LogP contribution in [-0.2, 0) is 4.74 Å². The highest BCUT2D eigenvalue weighted by Crippen LogP contribution is 2.25. The quantitative estimate of drug-likeness (QED) is 0.689. The number of nitrogens with zero attached hydrogens (tertiary/aromatic N) is 4. The second-order valence-electron chi connectivity index (χ2n) is 7.69. The number of methoxy groups -OCH3 is 1. The molecule has 1 aliphatic carbocycles. The zero-order valence-electron chi connectivity index (χ0n) is 17.4. The zero-order valence-corrected chi connectivity index (χ0v) is 17.4. The van der Waals surface area contributed by atoms with Gasteiger partial charge in [0.15, 0.2) is 11.6 Å². The average Bonchev–Trinajstić information content (AvgIpc) is 3.03. The van der Waals surface area contributed by atoms with Crippen LogP contribution >= 0.6 is 0 Å². The van der Waals surface area contributed by atoms with Crippen molar-refractivity contribution in [1.29, 1.82) is 0 Å². The van der Waals surface area contributed by atoms with E-state index in [1.54, 1.807) is 12.1 Å². The Labute approximate surface area is 176 Å². The van der Waals surface area contributed by atoms with Crippen molar-refractivity contribution < 1.29 is 13.9 Å². The maximum absolute atomic E-state index is 14.1. The second kappa shape index (κ2) is 9.88. The molecular weight excluding hydrogens is 387 g/mol. The van der Waals surface area contributed by atoms with Crippen LogP contribution in [0.25, 0.3) is 0 Å². The number of morpholine rings is 1. The maximum Gasteiger partial charge on any atom is 0.233 e. The third-order valence-corrected chi connectivity index (χ3v) is 5.51. The minimum atomic E-state index is -0.443. The Hall–Kier alpha value is -2.68. The van der Waals surface area contributed by atoms with Gasteiger partial charge in [0.25, 0.3) is 0 Å². The summed E-state index contributed by atoms with van der Waals surface area (Å²) < 4.78 is 24.5. The Bertz CT molecular complexity index is 838. The smallest absolute Gasteiger partial charge is 0.233 e. The molecule has 30 heavy (non-hydrogen) atoms. The molecule has 1 aromatic carbocycles. The second-order valence-corrected chi connectivity index (χ2v) is 7.69. The largest absolute Gasteiger partial charge is 0.494 e. The van der Waals surface area contributed by atoms with E-state index < -0.39 is 5.82 Å². The number of hydrogen-bond acceptors (Lipinski definition) is 8. The molecule has 0 spiro atoms. The summed E-state index contributed by atoms with van der Waals surface area (Å²) in [6, 6.07) is 5.04. The van der Waals surface area contributed by atoms with Crippen LogP contribution in [0.4, 0.5) is 27.9 Å². The molecule has 4 rings (SSSR count). The molecule has 1 aliphatic heterocycles. The highest BCUT2D eigenvalue weighted by atomic mass is 19.1. The fraction of sp³-hybridized carbons (Fsp3) is 0.571. The van der Waals surface area contributed by atoms with Gasteiger partial charge in [-0.05, 0) is 25.0 Å². The van der Waals surface area contributed by atoms with Crippen molar-refractivity contribution in [3.8, 4) is 5.75 Å². The lowest BCUT2D eigenvalue weighted by molar-refractivity contribution is 0.122. The number of aromatic nitrogens is 3. The minimum absolute atomic E-state index is 0.195. The number of benzene rings is 1. The van der Waals surface area contributed by atoms with E-state index in [-0.39, 0.29) is 5.75 Å². The first-order chi connectivity index (χ1) is 14.7. The minimum Gasteiger partial charge on any atom is -0.494 e. The van der Waals surface area contributed by atoms with E-state index in [4.69, 9.17) is 9.47 Å². The number of ether oxygens (including phenoxy) is 2. The lowest BCUT2D eigenvalue weighted by Crippen LogP contribution is -2.37. The fourth-order valence-corrected chi connectivity index (χ4v) is 3.87. The van der Waals surface area contributed by atoms with Gasteiger partial charge in [-0.1, -0.05) is 25.7 Å². The highest BCUT2D eigenvalue weighted by Gasteiger charge is 2.19. The molecule has 2 N–H and O–H groups in total. The molecule has 2 aromatic rings. The van der Waals surface area contributed by atoms with E-state index in [9.17, 15) is 4.39 Å². The summed E-state index contributed by atoms with van der Waals surface area (Å²) in [6.45, 7) is 2.74. The van der Waals surface area contributed by atoms with Gasteiger partial charge in [0.05, 0.1) is 20.3 Å². The molecule has 1 saturated heterocycles. The number of anilines is 4. The molecule has 1 saturated carbocycles. The van der Waals surface area contributed by atoms with Crippen LogP contribution in [0.5, 0.6) is 5.75 Å². The molecule has 2 fully saturated rings. The Kier molecular flexibility index (Phi) is 6.78. The van der Waals surface area contributed by atoms with Crippen molar-refractivity contribution in [1.82, 2.24) is 15.0 Å². The molecule has 8 nitrogen and oxygen atoms in total. The molecule has 0 atom stereocenters. The lowest BCUT2D eigenvalue weighted by Gasteiger charge is -2.27. The first-order valence-electron chi connectivity index (χ1n) is 10.7. The summed E-state index contributed by atoms with van der Waals surface area (Å²) >= 11 is 0. The molecule has 0 unspecified atom stereocenters. The standard InChI is InChI=1S/C21H29FN6O2/c1-29-18-9-8-16(14-17(18)22)24-20-25-19(23-15-6-4-2-3-5-7-15)26-21(27-20)28-10-12-30-13-11-28/h8-9,14-15H,2-7,10-13H2,1H3,(H2,23,24,25,26,27). The van der Waals surface area contributed by atoms with Crippen LogP contribution in [0.15, 0.2) is 18.2 Å². The van der Waals surface area contributed by atoms with E-state index >= 15 is 0 Å². The van der Waals surface area contributed by atoms with E-state index in [0.717, 1.165) is 25.9 Å². The van der Waals surface area contributed by atoms with Gasteiger partial charge < -0.3 is 25.0 Å². The molecular formula is C21H29FN6O2. The van der Waals surface area contributed by atoms with Gasteiger partial charge in [-0.3, -0.25) is 0 Å². The summed E-state index contributed by atoms with van der Waals surface area (Å²) in [6.07, 6.45) is 7.23. The molecule has 1 aromatic heterocycles. The normalized spacial score (nSPS) is 18.0. The summed E-state index contributed by atoms with van der Waals surface area (Å²) in [4.78, 5) is 15.9. The molecule has 162 valence electrons. The summed E-state index contributed by atoms with van der Waals surface area (Å²) in [5, 5.41) is 6.61. The average molecular weight is 417 g/mol. The van der Waals surface area contributed by atoms with Crippen LogP contribution in [-0.4, -0.2) is 54.4 Å². The van der Waals surface area contributed by atoms with Crippen molar-refractivity contribution in [2.24, 2.45) is 0 Å². The van der Waals surface area contributed by atoms with E-state index in [1.807, 2.05) is 0 Å². The van der Waals surface area contributed by atoms with Gasteiger partial charge in [0, 0.05) is 30.9 Å². The van der Waals surface area contributed by atoms with Gasteiger partial charge in [0.2, 0.25) is 17.8 Å². The number of halogens is 1. The molecule has 0 radical (unpaired) electrons. The van der Waals surface area contributed by atoms with E-state index in [1.165, 1.54) is 38.9 Å². The number of hydrogen-bond donors (Lipinski definition) is 2. The van der Waals surface area contributed by atoms with Crippen molar-refractivity contribution in [2.75, 3.05) is 48.9 Å².